The summed E-state index contributed by atoms with van der Waals surface area (Å²) in [6, 6.07) is 1.13. The van der Waals surface area contributed by atoms with Gasteiger partial charge >= 0.3 is 0 Å². The second kappa shape index (κ2) is 8.21. The molecule has 0 radical (unpaired) electrons. The Hall–Kier alpha value is -0.120. The molecule has 0 saturated carbocycles. The molecular formula is C11H26N2O. The molecule has 0 fully saturated rings. The van der Waals surface area contributed by atoms with Gasteiger partial charge in [-0.2, -0.15) is 0 Å². The van der Waals surface area contributed by atoms with Crippen molar-refractivity contribution in [2.75, 3.05) is 27.3 Å². The zero-order valence-corrected chi connectivity index (χ0v) is 10.1. The molecule has 0 amide bonds. The maximum atomic E-state index is 5.52. The van der Waals surface area contributed by atoms with Crippen LogP contribution in [0.15, 0.2) is 0 Å². The van der Waals surface area contributed by atoms with E-state index >= 15 is 0 Å². The summed E-state index contributed by atoms with van der Waals surface area (Å²) in [4.78, 5) is 2.40. The molecule has 0 aromatic heterocycles. The van der Waals surface area contributed by atoms with Crippen molar-refractivity contribution in [3.8, 4) is 0 Å². The Morgan fingerprint density at radius 1 is 1.43 bits per heavy atom. The van der Waals surface area contributed by atoms with E-state index in [9.17, 15) is 0 Å². The van der Waals surface area contributed by atoms with E-state index in [1.54, 1.807) is 7.11 Å². The quantitative estimate of drug-likeness (QED) is 0.648. The van der Waals surface area contributed by atoms with Crippen molar-refractivity contribution in [1.29, 1.82) is 0 Å². The highest BCUT2D eigenvalue weighted by atomic mass is 16.5. The van der Waals surface area contributed by atoms with Crippen LogP contribution in [0.2, 0.25) is 0 Å². The van der Waals surface area contributed by atoms with Gasteiger partial charge in [-0.15, -0.1) is 0 Å². The summed E-state index contributed by atoms with van der Waals surface area (Å²) in [5.41, 5.74) is 5.52. The number of hydrogen-bond donors (Lipinski definition) is 1. The number of hydrogen-bond acceptors (Lipinski definition) is 3. The summed E-state index contributed by atoms with van der Waals surface area (Å²) in [6.07, 6.45) is 3.39. The molecule has 3 nitrogen and oxygen atoms in total. The van der Waals surface area contributed by atoms with Gasteiger partial charge in [0, 0.05) is 19.2 Å². The molecule has 0 aromatic rings. The molecule has 0 rings (SSSR count). The molecule has 0 aliphatic carbocycles. The van der Waals surface area contributed by atoms with Crippen LogP contribution in [0.3, 0.4) is 0 Å². The van der Waals surface area contributed by atoms with Crippen LogP contribution >= 0.6 is 0 Å². The minimum Gasteiger partial charge on any atom is -0.383 e. The Balaban J connectivity index is 4.02. The van der Waals surface area contributed by atoms with E-state index in [0.29, 0.717) is 12.1 Å². The van der Waals surface area contributed by atoms with Crippen LogP contribution in [0, 0.1) is 0 Å². The predicted octanol–water partition coefficient (Wildman–Crippen LogP) is 1.47. The van der Waals surface area contributed by atoms with Crippen molar-refractivity contribution in [2.45, 2.75) is 45.2 Å². The van der Waals surface area contributed by atoms with Gasteiger partial charge < -0.3 is 10.5 Å². The molecule has 0 heterocycles. The molecule has 0 aliphatic rings. The van der Waals surface area contributed by atoms with Gasteiger partial charge in [0.05, 0.1) is 6.61 Å². The summed E-state index contributed by atoms with van der Waals surface area (Å²) in [5, 5.41) is 0. The maximum Gasteiger partial charge on any atom is 0.0618 e. The third-order valence-electron chi connectivity index (χ3n) is 2.96. The van der Waals surface area contributed by atoms with E-state index in [-0.39, 0.29) is 0 Å². The smallest absolute Gasteiger partial charge is 0.0618 e. The third kappa shape index (κ3) is 4.94. The van der Waals surface area contributed by atoms with Gasteiger partial charge in [0.25, 0.3) is 0 Å². The van der Waals surface area contributed by atoms with Gasteiger partial charge in [0.15, 0.2) is 0 Å². The van der Waals surface area contributed by atoms with Crippen LogP contribution in [0.5, 0.6) is 0 Å². The molecule has 86 valence electrons. The zero-order valence-electron chi connectivity index (χ0n) is 10.1. The van der Waals surface area contributed by atoms with Gasteiger partial charge in [-0.3, -0.25) is 4.90 Å². The summed E-state index contributed by atoms with van der Waals surface area (Å²) in [6.45, 7) is 6.05. The number of methoxy groups -OCH3 is 1. The molecule has 0 saturated heterocycles. The van der Waals surface area contributed by atoms with Crippen LogP contribution < -0.4 is 5.73 Å². The van der Waals surface area contributed by atoms with Crippen LogP contribution in [0.1, 0.15) is 33.1 Å². The lowest BCUT2D eigenvalue weighted by atomic mass is 10.1. The molecular weight excluding hydrogens is 176 g/mol. The number of nitrogens with zero attached hydrogens (tertiary/aromatic N) is 1. The van der Waals surface area contributed by atoms with Crippen molar-refractivity contribution in [1.82, 2.24) is 4.90 Å². The molecule has 0 spiro atoms. The standard InChI is InChI=1S/C11H26N2O/c1-5-10(2)13(3)11(9-14-4)7-6-8-12/h10-11H,5-9,12H2,1-4H3. The number of nitrogens with two attached hydrogens (primary N) is 1. The minimum absolute atomic E-state index is 0.512. The highest BCUT2D eigenvalue weighted by Gasteiger charge is 2.17. The first kappa shape index (κ1) is 13.9. The lowest BCUT2D eigenvalue weighted by Gasteiger charge is -2.32. The van der Waals surface area contributed by atoms with E-state index in [2.05, 4.69) is 25.8 Å². The highest BCUT2D eigenvalue weighted by Crippen LogP contribution is 2.11. The van der Waals surface area contributed by atoms with E-state index in [0.717, 1.165) is 26.0 Å². The molecule has 0 bridgehead atoms. The first-order chi connectivity index (χ1) is 6.67. The fraction of sp³-hybridized carbons (Fsp3) is 1.00. The Morgan fingerprint density at radius 2 is 2.07 bits per heavy atom. The third-order valence-corrected chi connectivity index (χ3v) is 2.96. The molecule has 2 unspecified atom stereocenters. The van der Waals surface area contributed by atoms with E-state index in [1.165, 1.54) is 6.42 Å². The summed E-state index contributed by atoms with van der Waals surface area (Å²) in [7, 11) is 3.94. The topological polar surface area (TPSA) is 38.5 Å². The largest absolute Gasteiger partial charge is 0.383 e. The second-order valence-corrected chi connectivity index (χ2v) is 3.96. The van der Waals surface area contributed by atoms with E-state index in [1.807, 2.05) is 0 Å². The number of rotatable bonds is 8. The van der Waals surface area contributed by atoms with Gasteiger partial charge in [-0.1, -0.05) is 6.92 Å². The molecule has 2 N–H and O–H groups in total. The second-order valence-electron chi connectivity index (χ2n) is 3.96. The maximum absolute atomic E-state index is 5.52. The van der Waals surface area contributed by atoms with Crippen molar-refractivity contribution in [2.24, 2.45) is 5.73 Å². The van der Waals surface area contributed by atoms with Gasteiger partial charge in [0.2, 0.25) is 0 Å². The van der Waals surface area contributed by atoms with Crippen LogP contribution in [0.25, 0.3) is 0 Å². The first-order valence-corrected chi connectivity index (χ1v) is 5.58. The summed E-state index contributed by atoms with van der Waals surface area (Å²) in [5.74, 6) is 0. The van der Waals surface area contributed by atoms with Crippen molar-refractivity contribution in [3.63, 3.8) is 0 Å². The molecule has 2 atom stereocenters. The van der Waals surface area contributed by atoms with Crippen LogP contribution in [-0.4, -0.2) is 44.3 Å². The Morgan fingerprint density at radius 3 is 2.50 bits per heavy atom. The number of ether oxygens (including phenoxy) is 1. The average molecular weight is 202 g/mol. The SMILES string of the molecule is CCC(C)N(C)C(CCCN)COC. The fourth-order valence-corrected chi connectivity index (χ4v) is 1.60. The van der Waals surface area contributed by atoms with Gasteiger partial charge in [-0.25, -0.2) is 0 Å². The Bertz CT molecular complexity index is 130. The highest BCUT2D eigenvalue weighted by molar-refractivity contribution is 4.73. The van der Waals surface area contributed by atoms with Crippen molar-refractivity contribution < 1.29 is 4.74 Å². The lowest BCUT2D eigenvalue weighted by molar-refractivity contribution is 0.0775. The molecule has 0 aliphatic heterocycles. The summed E-state index contributed by atoms with van der Waals surface area (Å²) < 4.78 is 5.23. The number of likely N-dealkylation sites (N-methyl/N-ethyl adjacent to an activating group) is 1. The van der Waals surface area contributed by atoms with Crippen LogP contribution in [-0.2, 0) is 4.74 Å². The first-order valence-electron chi connectivity index (χ1n) is 5.58. The predicted molar refractivity (Wildman–Crippen MR) is 61.5 cm³/mol. The molecule has 3 heteroatoms. The molecule has 0 aromatic carbocycles. The monoisotopic (exact) mass is 202 g/mol. The van der Waals surface area contributed by atoms with Gasteiger partial charge in [0.1, 0.15) is 0 Å². The zero-order chi connectivity index (χ0) is 11.0. The van der Waals surface area contributed by atoms with Crippen molar-refractivity contribution >= 4 is 0 Å². The average Bonchev–Trinajstić information content (AvgIpc) is 2.22. The van der Waals surface area contributed by atoms with Gasteiger partial charge in [-0.05, 0) is 39.8 Å². The fourth-order valence-electron chi connectivity index (χ4n) is 1.60. The lowest BCUT2D eigenvalue weighted by Crippen LogP contribution is -2.41. The van der Waals surface area contributed by atoms with E-state index < -0.39 is 0 Å². The van der Waals surface area contributed by atoms with Crippen molar-refractivity contribution in [3.05, 3.63) is 0 Å². The van der Waals surface area contributed by atoms with E-state index in [4.69, 9.17) is 10.5 Å². The normalized spacial score (nSPS) is 15.9. The minimum atomic E-state index is 0.512. The van der Waals surface area contributed by atoms with Crippen LogP contribution in [0.4, 0.5) is 0 Å². The summed E-state index contributed by atoms with van der Waals surface area (Å²) >= 11 is 0. The Kier molecular flexibility index (Phi) is 8.14. The Labute approximate surface area is 88.6 Å². The molecule has 14 heavy (non-hydrogen) atoms.